The van der Waals surface area contributed by atoms with Crippen molar-refractivity contribution in [2.45, 2.75) is 5.22 Å². The number of benzene rings is 2. The maximum atomic E-state index is 11.8. The number of nitro benzene ring substituents is 1. The van der Waals surface area contributed by atoms with Crippen LogP contribution in [0.3, 0.4) is 0 Å². The highest BCUT2D eigenvalue weighted by Crippen LogP contribution is 2.23. The van der Waals surface area contributed by atoms with Gasteiger partial charge in [0.05, 0.1) is 16.9 Å². The number of hydrogen-bond acceptors (Lipinski definition) is 8. The topological polar surface area (TPSA) is 131 Å². The Morgan fingerprint density at radius 1 is 1.38 bits per heavy atom. The molecule has 10 heteroatoms. The zero-order valence-corrected chi connectivity index (χ0v) is 14.0. The number of hydrazone groups is 1. The molecule has 2 aromatic carbocycles. The summed E-state index contributed by atoms with van der Waals surface area (Å²) in [4.78, 5) is 26.2. The van der Waals surface area contributed by atoms with E-state index < -0.39 is 10.8 Å². The predicted molar refractivity (Wildman–Crippen MR) is 95.2 cm³/mol. The van der Waals surface area contributed by atoms with Crippen LogP contribution in [-0.2, 0) is 4.79 Å². The van der Waals surface area contributed by atoms with E-state index in [4.69, 9.17) is 4.42 Å². The number of nitrogens with zero attached hydrogens (tertiary/aromatic N) is 3. The molecular weight excluding hydrogens is 360 g/mol. The van der Waals surface area contributed by atoms with E-state index in [0.29, 0.717) is 16.3 Å². The third kappa shape index (κ3) is 4.16. The Bertz CT molecular complexity index is 968. The van der Waals surface area contributed by atoms with Crippen molar-refractivity contribution in [1.29, 1.82) is 0 Å². The van der Waals surface area contributed by atoms with Crippen molar-refractivity contribution < 1.29 is 19.2 Å². The summed E-state index contributed by atoms with van der Waals surface area (Å²) in [5, 5.41) is 24.4. The molecule has 26 heavy (non-hydrogen) atoms. The lowest BCUT2D eigenvalue weighted by Gasteiger charge is -1.99. The standard InChI is InChI=1S/C16H12N4O5S/c21-13-6-5-11(20(23)24)7-10(13)8-17-19-15(22)9-26-16-18-12-3-1-2-4-14(12)25-16/h1-8,21H,9H2,(H,19,22)/b17-8+. The molecule has 1 amide bonds. The van der Waals surface area contributed by atoms with Gasteiger partial charge in [0, 0.05) is 17.7 Å². The average molecular weight is 372 g/mol. The third-order valence-corrected chi connectivity index (χ3v) is 4.04. The molecule has 0 aliphatic carbocycles. The maximum absolute atomic E-state index is 11.8. The second-order valence-electron chi connectivity index (χ2n) is 5.03. The molecule has 1 aromatic heterocycles. The largest absolute Gasteiger partial charge is 0.507 e. The van der Waals surface area contributed by atoms with Gasteiger partial charge in [-0.2, -0.15) is 5.10 Å². The van der Waals surface area contributed by atoms with E-state index in [2.05, 4.69) is 15.5 Å². The van der Waals surface area contributed by atoms with Crippen molar-refractivity contribution in [3.63, 3.8) is 0 Å². The van der Waals surface area contributed by atoms with E-state index >= 15 is 0 Å². The van der Waals surface area contributed by atoms with Crippen LogP contribution in [0.5, 0.6) is 5.75 Å². The maximum Gasteiger partial charge on any atom is 0.270 e. The summed E-state index contributed by atoms with van der Waals surface area (Å²) in [5.41, 5.74) is 3.53. The highest BCUT2D eigenvalue weighted by atomic mass is 32.2. The zero-order chi connectivity index (χ0) is 18.5. The van der Waals surface area contributed by atoms with Crippen molar-refractivity contribution in [2.24, 2.45) is 5.10 Å². The highest BCUT2D eigenvalue weighted by molar-refractivity contribution is 7.99. The number of aromatic nitrogens is 1. The van der Waals surface area contributed by atoms with Crippen molar-refractivity contribution in [1.82, 2.24) is 10.4 Å². The third-order valence-electron chi connectivity index (χ3n) is 3.22. The van der Waals surface area contributed by atoms with Crippen molar-refractivity contribution >= 4 is 40.7 Å². The molecular formula is C16H12N4O5S. The van der Waals surface area contributed by atoms with Gasteiger partial charge < -0.3 is 9.52 Å². The number of aromatic hydroxyl groups is 1. The molecule has 1 heterocycles. The van der Waals surface area contributed by atoms with Crippen LogP contribution >= 0.6 is 11.8 Å². The quantitative estimate of drug-likeness (QED) is 0.294. The first kappa shape index (κ1) is 17.4. The van der Waals surface area contributed by atoms with Crippen LogP contribution < -0.4 is 5.43 Å². The van der Waals surface area contributed by atoms with E-state index in [0.717, 1.165) is 24.0 Å². The molecule has 2 N–H and O–H groups in total. The molecule has 0 fully saturated rings. The van der Waals surface area contributed by atoms with Gasteiger partial charge in [-0.25, -0.2) is 10.4 Å². The van der Waals surface area contributed by atoms with Gasteiger partial charge in [0.15, 0.2) is 5.58 Å². The molecule has 132 valence electrons. The molecule has 3 rings (SSSR count). The summed E-state index contributed by atoms with van der Waals surface area (Å²) in [6, 6.07) is 10.8. The number of amides is 1. The van der Waals surface area contributed by atoms with Crippen LogP contribution in [0.1, 0.15) is 5.56 Å². The lowest BCUT2D eigenvalue weighted by atomic mass is 10.2. The number of oxazole rings is 1. The van der Waals surface area contributed by atoms with Crippen molar-refractivity contribution in [3.05, 3.63) is 58.1 Å². The minimum Gasteiger partial charge on any atom is -0.507 e. The molecule has 0 unspecified atom stereocenters. The smallest absolute Gasteiger partial charge is 0.270 e. The Labute approximate surface area is 150 Å². The number of rotatable bonds is 6. The van der Waals surface area contributed by atoms with Gasteiger partial charge in [-0.3, -0.25) is 14.9 Å². The van der Waals surface area contributed by atoms with Crippen LogP contribution in [0.4, 0.5) is 5.69 Å². The number of carbonyl (C=O) groups is 1. The fourth-order valence-electron chi connectivity index (χ4n) is 2.01. The molecule has 0 radical (unpaired) electrons. The molecule has 0 spiro atoms. The average Bonchev–Trinajstić information content (AvgIpc) is 3.04. The molecule has 0 atom stereocenters. The van der Waals surface area contributed by atoms with Crippen LogP contribution in [0.2, 0.25) is 0 Å². The van der Waals surface area contributed by atoms with Gasteiger partial charge in [0.1, 0.15) is 11.3 Å². The van der Waals surface area contributed by atoms with Gasteiger partial charge in [-0.05, 0) is 18.2 Å². The summed E-state index contributed by atoms with van der Waals surface area (Å²) >= 11 is 1.11. The first-order valence-electron chi connectivity index (χ1n) is 7.30. The summed E-state index contributed by atoms with van der Waals surface area (Å²) < 4.78 is 5.48. The number of nitro groups is 1. The van der Waals surface area contributed by atoms with E-state index in [9.17, 15) is 20.0 Å². The molecule has 9 nitrogen and oxygen atoms in total. The van der Waals surface area contributed by atoms with Crippen LogP contribution in [0.15, 0.2) is 57.2 Å². The summed E-state index contributed by atoms with van der Waals surface area (Å²) in [7, 11) is 0. The van der Waals surface area contributed by atoms with Crippen LogP contribution in [0, 0.1) is 10.1 Å². The zero-order valence-electron chi connectivity index (χ0n) is 13.2. The molecule has 0 saturated carbocycles. The Morgan fingerprint density at radius 2 is 2.19 bits per heavy atom. The van der Waals surface area contributed by atoms with Gasteiger partial charge in [0.2, 0.25) is 0 Å². The molecule has 0 aliphatic rings. The van der Waals surface area contributed by atoms with Gasteiger partial charge in [-0.1, -0.05) is 23.9 Å². The Balaban J connectivity index is 1.56. The second kappa shape index (κ2) is 7.66. The minimum absolute atomic E-state index is 0.0189. The lowest BCUT2D eigenvalue weighted by Crippen LogP contribution is -2.19. The van der Waals surface area contributed by atoms with Crippen LogP contribution in [0.25, 0.3) is 11.1 Å². The van der Waals surface area contributed by atoms with E-state index in [1.54, 1.807) is 12.1 Å². The van der Waals surface area contributed by atoms with Gasteiger partial charge >= 0.3 is 0 Å². The number of phenols is 1. The Kier molecular flexibility index (Phi) is 5.13. The van der Waals surface area contributed by atoms with E-state index in [1.165, 1.54) is 12.1 Å². The highest BCUT2D eigenvalue weighted by Gasteiger charge is 2.10. The number of fused-ring (bicyclic) bond motifs is 1. The lowest BCUT2D eigenvalue weighted by molar-refractivity contribution is -0.384. The summed E-state index contributed by atoms with van der Waals surface area (Å²) in [5.74, 6) is -0.585. The SMILES string of the molecule is O=C(CSc1nc2ccccc2o1)N/N=C/c1cc([N+](=O)[O-])ccc1O. The molecule has 0 saturated heterocycles. The Hall–Kier alpha value is -3.40. The van der Waals surface area contributed by atoms with Crippen molar-refractivity contribution in [2.75, 3.05) is 5.75 Å². The number of thioether (sulfide) groups is 1. The number of para-hydroxylation sites is 2. The molecule has 0 bridgehead atoms. The molecule has 0 aliphatic heterocycles. The van der Waals surface area contributed by atoms with E-state index in [1.807, 2.05) is 12.1 Å². The summed E-state index contributed by atoms with van der Waals surface area (Å²) in [6.45, 7) is 0. The second-order valence-corrected chi connectivity index (χ2v) is 5.96. The molecule has 3 aromatic rings. The number of hydrogen-bond donors (Lipinski definition) is 2. The fraction of sp³-hybridized carbons (Fsp3) is 0.0625. The Morgan fingerprint density at radius 3 is 2.96 bits per heavy atom. The fourth-order valence-corrected chi connectivity index (χ4v) is 2.64. The van der Waals surface area contributed by atoms with Crippen molar-refractivity contribution in [3.8, 4) is 5.75 Å². The van der Waals surface area contributed by atoms with Gasteiger partial charge in [-0.15, -0.1) is 0 Å². The first-order chi connectivity index (χ1) is 12.5. The predicted octanol–water partition coefficient (Wildman–Crippen LogP) is 2.68. The number of phenolic OH excluding ortho intramolecular Hbond substituents is 1. The van der Waals surface area contributed by atoms with E-state index in [-0.39, 0.29) is 22.8 Å². The monoisotopic (exact) mass is 372 g/mol. The number of carbonyl (C=O) groups excluding carboxylic acids is 1. The summed E-state index contributed by atoms with van der Waals surface area (Å²) in [6.07, 6.45) is 1.13. The normalized spacial score (nSPS) is 11.1. The van der Waals surface area contributed by atoms with Crippen LogP contribution in [-0.4, -0.2) is 32.9 Å². The number of non-ortho nitro benzene ring substituents is 1. The van der Waals surface area contributed by atoms with Gasteiger partial charge in [0.25, 0.3) is 16.8 Å². The first-order valence-corrected chi connectivity index (χ1v) is 8.29. The number of nitrogens with one attached hydrogen (secondary N) is 1. The minimum atomic E-state index is -0.591.